The molecule has 4 bridgehead atoms. The van der Waals surface area contributed by atoms with Crippen molar-refractivity contribution < 1.29 is 23.0 Å². The molecular weight excluding hydrogens is 605 g/mol. The summed E-state index contributed by atoms with van der Waals surface area (Å²) in [4.78, 5) is 0. The number of hydrogen-bond acceptors (Lipinski definition) is 5. The van der Waals surface area contributed by atoms with Gasteiger partial charge in [0.1, 0.15) is 29.5 Å². The Balaban J connectivity index is 1.12. The topological polar surface area (TPSA) is 67.8 Å². The van der Waals surface area contributed by atoms with Crippen LogP contribution < -0.4 is 9.26 Å². The van der Waals surface area contributed by atoms with Gasteiger partial charge in [0.15, 0.2) is 0 Å². The van der Waals surface area contributed by atoms with E-state index in [1.165, 1.54) is 37.7 Å². The molecule has 5 saturated carbocycles. The summed E-state index contributed by atoms with van der Waals surface area (Å²) in [5, 5.41) is 14.3. The van der Waals surface area contributed by atoms with E-state index in [1.54, 1.807) is 7.11 Å². The van der Waals surface area contributed by atoms with Gasteiger partial charge in [-0.3, -0.25) is 4.42 Å². The number of methoxy groups -OCH3 is 1. The van der Waals surface area contributed by atoms with Crippen molar-refractivity contribution >= 4 is 31.0 Å². The third-order valence-electron chi connectivity index (χ3n) is 11.3. The number of allylic oxidation sites excluding steroid dienone is 2. The number of halogens is 1. The summed E-state index contributed by atoms with van der Waals surface area (Å²) in [5.74, 6) is 5.02. The maximum absolute atomic E-state index is 14.3. The van der Waals surface area contributed by atoms with Crippen LogP contribution in [-0.2, 0) is 15.9 Å². The molecule has 5 aliphatic carbocycles. The fraction of sp³-hybridized carbons (Fsp3) is 0.568. The molecule has 1 heterocycles. The third kappa shape index (κ3) is 5.79. The summed E-state index contributed by atoms with van der Waals surface area (Å²) in [6, 6.07) is 11.7. The Morgan fingerprint density at radius 1 is 0.956 bits per heavy atom. The lowest BCUT2D eigenvalue weighted by molar-refractivity contribution is -0.750. The number of ether oxygens (including phenoxy) is 2. The average molecular weight is 652 g/mol. The predicted molar refractivity (Wildman–Crippen MR) is 181 cm³/mol. The van der Waals surface area contributed by atoms with Gasteiger partial charge < -0.3 is 19.2 Å². The van der Waals surface area contributed by atoms with Gasteiger partial charge in [0.05, 0.1) is 25.2 Å². The first-order chi connectivity index (χ1) is 21.8. The second-order valence-electron chi connectivity index (χ2n) is 14.2. The number of rotatable bonds is 10. The molecule has 8 rings (SSSR count). The minimum absolute atomic E-state index is 0.151. The maximum atomic E-state index is 14.3. The maximum Gasteiger partial charge on any atom is 0.434 e. The van der Waals surface area contributed by atoms with E-state index >= 15 is 0 Å². The highest BCUT2D eigenvalue weighted by atomic mass is 35.5. The zero-order chi connectivity index (χ0) is 31.2. The van der Waals surface area contributed by atoms with Crippen LogP contribution in [0.15, 0.2) is 48.0 Å². The Bertz CT molecular complexity index is 1480. The van der Waals surface area contributed by atoms with E-state index in [2.05, 4.69) is 12.1 Å². The fourth-order valence-electron chi connectivity index (χ4n) is 9.39. The largest absolute Gasteiger partial charge is 0.627 e. The van der Waals surface area contributed by atoms with Crippen molar-refractivity contribution in [1.29, 1.82) is 0 Å². The Morgan fingerprint density at radius 2 is 1.60 bits per heavy atom. The Kier molecular flexibility index (Phi) is 8.89. The van der Waals surface area contributed by atoms with Crippen molar-refractivity contribution in [2.75, 3.05) is 20.2 Å². The van der Waals surface area contributed by atoms with E-state index in [0.717, 1.165) is 72.8 Å². The van der Waals surface area contributed by atoms with Gasteiger partial charge in [-0.2, -0.15) is 0 Å². The lowest BCUT2D eigenvalue weighted by Crippen LogP contribution is -2.40. The summed E-state index contributed by atoms with van der Waals surface area (Å²) in [6.07, 6.45) is 15.8. The number of quaternary nitrogens is 1. The molecule has 6 fully saturated rings. The molecule has 0 aromatic heterocycles. The minimum Gasteiger partial charge on any atom is -0.627 e. The monoisotopic (exact) mass is 651 g/mol. The van der Waals surface area contributed by atoms with Crippen molar-refractivity contribution in [3.63, 3.8) is 0 Å². The zero-order valence-electron chi connectivity index (χ0n) is 26.7. The highest BCUT2D eigenvalue weighted by Crippen LogP contribution is 2.65. The minimum atomic E-state index is -3.48. The normalized spacial score (nSPS) is 28.5. The SMILES string of the molecule is C/C=C/c1ccc(C(OC)=C2C3CC4CC(C3)CC2C4)c(Cl)c1OCc1ccc(OP(=O)(C2CCCC2)[N+]2([O-])CCCC2)cc1. The third-order valence-corrected chi connectivity index (χ3v) is 15.0. The first-order valence-corrected chi connectivity index (χ1v) is 19.2. The molecule has 2 aromatic rings. The van der Waals surface area contributed by atoms with Crippen LogP contribution >= 0.6 is 19.1 Å². The molecule has 6 nitrogen and oxygen atoms in total. The molecule has 1 unspecified atom stereocenters. The summed E-state index contributed by atoms with van der Waals surface area (Å²) in [5.41, 5.74) is 4.08. The quantitative estimate of drug-likeness (QED) is 0.145. The van der Waals surface area contributed by atoms with Crippen LogP contribution in [0.1, 0.15) is 94.2 Å². The van der Waals surface area contributed by atoms with Crippen molar-refractivity contribution in [1.82, 2.24) is 0 Å². The molecule has 0 amide bonds. The van der Waals surface area contributed by atoms with Gasteiger partial charge in [-0.25, -0.2) is 4.57 Å². The molecule has 1 aliphatic heterocycles. The van der Waals surface area contributed by atoms with Gasteiger partial charge in [0, 0.05) is 24.0 Å². The predicted octanol–water partition coefficient (Wildman–Crippen LogP) is 10.4. The first kappa shape index (κ1) is 31.4. The average Bonchev–Trinajstić information content (AvgIpc) is 3.74. The standard InChI is InChI=1S/C37H47ClNO5P/c1-3-8-28-13-16-33(37(42-2)34-29-20-26-19-27(22-29)23-30(34)21-26)35(38)36(28)43-24-25-11-14-31(15-12-25)44-45(41,32-9-4-5-10-32)39(40)17-6-7-18-39/h3,8,11-16,26-27,29-30,32H,4-7,9-10,17-24H2,1-2H3/b8-3+,37-34?. The molecule has 6 aliphatic rings. The molecule has 2 aromatic carbocycles. The van der Waals surface area contributed by atoms with Gasteiger partial charge in [0.2, 0.25) is 0 Å². The molecule has 0 N–H and O–H groups in total. The molecule has 242 valence electrons. The summed E-state index contributed by atoms with van der Waals surface area (Å²) in [7, 11) is -1.70. The summed E-state index contributed by atoms with van der Waals surface area (Å²) < 4.78 is 32.5. The molecule has 0 spiro atoms. The number of hydroxylamine groups is 2. The van der Waals surface area contributed by atoms with E-state index in [9.17, 15) is 9.77 Å². The lowest BCUT2D eigenvalue weighted by Gasteiger charge is -2.51. The summed E-state index contributed by atoms with van der Waals surface area (Å²) in [6.45, 7) is 3.07. The van der Waals surface area contributed by atoms with Gasteiger partial charge in [-0.15, -0.1) is 0 Å². The van der Waals surface area contributed by atoms with Crippen molar-refractivity contribution in [3.05, 3.63) is 75.0 Å². The smallest absolute Gasteiger partial charge is 0.434 e. The molecule has 0 radical (unpaired) electrons. The van der Waals surface area contributed by atoms with Crippen LogP contribution in [0.4, 0.5) is 0 Å². The van der Waals surface area contributed by atoms with Gasteiger partial charge >= 0.3 is 7.52 Å². The highest BCUT2D eigenvalue weighted by molar-refractivity contribution is 7.54. The second kappa shape index (κ2) is 12.8. The van der Waals surface area contributed by atoms with Crippen LogP contribution in [0, 0.1) is 28.9 Å². The van der Waals surface area contributed by atoms with Gasteiger partial charge in [0.25, 0.3) is 0 Å². The number of hydrogen-bond donors (Lipinski definition) is 0. The Hall–Kier alpha value is -2.24. The van der Waals surface area contributed by atoms with Gasteiger partial charge in [-0.05, 0) is 105 Å². The van der Waals surface area contributed by atoms with Crippen molar-refractivity contribution in [2.24, 2.45) is 23.7 Å². The van der Waals surface area contributed by atoms with E-state index in [-0.39, 0.29) is 5.66 Å². The first-order valence-electron chi connectivity index (χ1n) is 17.1. The molecule has 8 heteroatoms. The van der Waals surface area contributed by atoms with E-state index in [1.807, 2.05) is 43.3 Å². The molecular formula is C37H47ClNO5P. The van der Waals surface area contributed by atoms with E-state index < -0.39 is 11.9 Å². The zero-order valence-corrected chi connectivity index (χ0v) is 28.4. The van der Waals surface area contributed by atoms with E-state index in [0.29, 0.717) is 48.1 Å². The van der Waals surface area contributed by atoms with Crippen LogP contribution in [0.25, 0.3) is 11.8 Å². The highest BCUT2D eigenvalue weighted by Gasteiger charge is 2.53. The number of nitrogens with zero attached hydrogens (tertiary/aromatic N) is 1. The molecule has 1 atom stereocenters. The number of benzene rings is 2. The van der Waals surface area contributed by atoms with Crippen LogP contribution in [0.5, 0.6) is 11.5 Å². The lowest BCUT2D eigenvalue weighted by atomic mass is 9.54. The summed E-state index contributed by atoms with van der Waals surface area (Å²) >= 11 is 7.18. The molecule has 45 heavy (non-hydrogen) atoms. The second-order valence-corrected chi connectivity index (χ2v) is 17.3. The van der Waals surface area contributed by atoms with Crippen molar-refractivity contribution in [3.8, 4) is 11.5 Å². The van der Waals surface area contributed by atoms with Crippen LogP contribution in [0.2, 0.25) is 5.02 Å². The fourth-order valence-corrected chi connectivity index (χ4v) is 12.9. The van der Waals surface area contributed by atoms with Crippen LogP contribution in [0.3, 0.4) is 0 Å². The Labute approximate surface area is 273 Å². The van der Waals surface area contributed by atoms with E-state index in [4.69, 9.17) is 25.6 Å². The Morgan fingerprint density at radius 3 is 2.20 bits per heavy atom. The van der Waals surface area contributed by atoms with Gasteiger partial charge in [-0.1, -0.05) is 54.8 Å². The van der Waals surface area contributed by atoms with Crippen LogP contribution in [-0.4, -0.2) is 30.3 Å². The van der Waals surface area contributed by atoms with Crippen molar-refractivity contribution in [2.45, 2.75) is 89.8 Å². The molecule has 1 saturated heterocycles.